The van der Waals surface area contributed by atoms with Crippen molar-refractivity contribution in [1.82, 2.24) is 10.2 Å². The van der Waals surface area contributed by atoms with Gasteiger partial charge in [0.2, 0.25) is 0 Å². The quantitative estimate of drug-likeness (QED) is 0.569. The van der Waals surface area contributed by atoms with E-state index in [0.717, 1.165) is 29.0 Å². The fourth-order valence-electron chi connectivity index (χ4n) is 3.96. The molecule has 1 aliphatic heterocycles. The molecule has 1 saturated heterocycles. The van der Waals surface area contributed by atoms with Crippen molar-refractivity contribution in [1.29, 1.82) is 0 Å². The molecule has 1 fully saturated rings. The largest absolute Gasteiger partial charge is 0.488 e. The maximum absolute atomic E-state index is 13.3. The van der Waals surface area contributed by atoms with Crippen LogP contribution in [-0.2, 0) is 10.9 Å². The van der Waals surface area contributed by atoms with Gasteiger partial charge in [-0.3, -0.25) is 0 Å². The molecule has 1 N–H and O–H groups in total. The van der Waals surface area contributed by atoms with Crippen molar-refractivity contribution in [3.8, 4) is 5.75 Å². The van der Waals surface area contributed by atoms with Gasteiger partial charge in [-0.2, -0.15) is 18.3 Å². The number of aryl methyl sites for hydroxylation is 1. The summed E-state index contributed by atoms with van der Waals surface area (Å²) in [6, 6.07) is 9.52. The van der Waals surface area contributed by atoms with E-state index in [1.54, 1.807) is 6.07 Å². The molecule has 0 spiro atoms. The molecule has 2 heterocycles. The molecule has 0 unspecified atom stereocenters. The van der Waals surface area contributed by atoms with Gasteiger partial charge in [0.25, 0.3) is 0 Å². The SMILES string of the molecule is Cc1c([C@@H](C)Nc2nnc(C)c3ccc(O[C@H]4CCOC4)cc23)cccc1C(F)(F)F. The van der Waals surface area contributed by atoms with Crippen molar-refractivity contribution in [2.45, 2.75) is 45.5 Å². The highest BCUT2D eigenvalue weighted by Gasteiger charge is 2.33. The predicted molar refractivity (Wildman–Crippen MR) is 112 cm³/mol. The number of hydrogen-bond acceptors (Lipinski definition) is 5. The summed E-state index contributed by atoms with van der Waals surface area (Å²) in [5.74, 6) is 1.19. The summed E-state index contributed by atoms with van der Waals surface area (Å²) in [6.07, 6.45) is -3.55. The first-order valence-corrected chi connectivity index (χ1v) is 10.2. The molecule has 4 rings (SSSR count). The lowest BCUT2D eigenvalue weighted by Gasteiger charge is -2.21. The molecule has 164 valence electrons. The highest BCUT2D eigenvalue weighted by atomic mass is 19.4. The molecular formula is C23H24F3N3O2. The molecule has 2 aromatic carbocycles. The normalized spacial score (nSPS) is 17.7. The number of ether oxygens (including phenoxy) is 2. The Hall–Kier alpha value is -2.87. The van der Waals surface area contributed by atoms with E-state index < -0.39 is 17.8 Å². The predicted octanol–water partition coefficient (Wildman–Crippen LogP) is 5.61. The third-order valence-corrected chi connectivity index (χ3v) is 5.63. The van der Waals surface area contributed by atoms with Crippen LogP contribution in [0.5, 0.6) is 5.75 Å². The molecule has 1 aliphatic rings. The first-order chi connectivity index (χ1) is 14.7. The van der Waals surface area contributed by atoms with Gasteiger partial charge in [-0.1, -0.05) is 12.1 Å². The maximum Gasteiger partial charge on any atom is 0.416 e. The second kappa shape index (κ2) is 8.34. The summed E-state index contributed by atoms with van der Waals surface area (Å²) in [6.45, 7) is 6.41. The number of hydrogen-bond donors (Lipinski definition) is 1. The summed E-state index contributed by atoms with van der Waals surface area (Å²) in [7, 11) is 0. The summed E-state index contributed by atoms with van der Waals surface area (Å²) in [5.41, 5.74) is 0.887. The Labute approximate surface area is 178 Å². The van der Waals surface area contributed by atoms with E-state index in [1.165, 1.54) is 13.0 Å². The lowest BCUT2D eigenvalue weighted by atomic mass is 9.97. The minimum Gasteiger partial charge on any atom is -0.488 e. The van der Waals surface area contributed by atoms with Crippen LogP contribution in [0.3, 0.4) is 0 Å². The van der Waals surface area contributed by atoms with Crippen LogP contribution < -0.4 is 10.1 Å². The van der Waals surface area contributed by atoms with E-state index in [0.29, 0.717) is 30.3 Å². The zero-order valence-corrected chi connectivity index (χ0v) is 17.6. The minimum atomic E-state index is -4.40. The molecule has 0 aliphatic carbocycles. The van der Waals surface area contributed by atoms with Crippen LogP contribution >= 0.6 is 0 Å². The lowest BCUT2D eigenvalue weighted by Crippen LogP contribution is -2.16. The van der Waals surface area contributed by atoms with Crippen LogP contribution in [0.1, 0.15) is 41.8 Å². The zero-order valence-electron chi connectivity index (χ0n) is 17.6. The molecule has 5 nitrogen and oxygen atoms in total. The van der Waals surface area contributed by atoms with E-state index in [4.69, 9.17) is 9.47 Å². The molecule has 3 aromatic rings. The van der Waals surface area contributed by atoms with Gasteiger partial charge in [0.05, 0.1) is 30.5 Å². The topological polar surface area (TPSA) is 56.3 Å². The van der Waals surface area contributed by atoms with Gasteiger partial charge in [-0.25, -0.2) is 0 Å². The van der Waals surface area contributed by atoms with Crippen molar-refractivity contribution >= 4 is 16.6 Å². The number of benzene rings is 2. The summed E-state index contributed by atoms with van der Waals surface area (Å²) in [5, 5.41) is 13.5. The van der Waals surface area contributed by atoms with Gasteiger partial charge in [0, 0.05) is 17.2 Å². The third-order valence-electron chi connectivity index (χ3n) is 5.63. The highest BCUT2D eigenvalue weighted by molar-refractivity contribution is 5.94. The van der Waals surface area contributed by atoms with Gasteiger partial charge in [0.15, 0.2) is 5.82 Å². The van der Waals surface area contributed by atoms with Gasteiger partial charge in [0.1, 0.15) is 11.9 Å². The molecule has 2 atom stereocenters. The smallest absolute Gasteiger partial charge is 0.416 e. The second-order valence-electron chi connectivity index (χ2n) is 7.83. The van der Waals surface area contributed by atoms with Gasteiger partial charge >= 0.3 is 6.18 Å². The molecule has 0 radical (unpaired) electrons. The van der Waals surface area contributed by atoms with E-state index in [-0.39, 0.29) is 11.7 Å². The van der Waals surface area contributed by atoms with Crippen LogP contribution in [0.4, 0.5) is 19.0 Å². The Balaban J connectivity index is 1.67. The van der Waals surface area contributed by atoms with Crippen molar-refractivity contribution in [3.63, 3.8) is 0 Å². The zero-order chi connectivity index (χ0) is 22.2. The number of fused-ring (bicyclic) bond motifs is 1. The van der Waals surface area contributed by atoms with Crippen molar-refractivity contribution in [2.24, 2.45) is 0 Å². The second-order valence-corrected chi connectivity index (χ2v) is 7.83. The van der Waals surface area contributed by atoms with Crippen LogP contribution in [0.15, 0.2) is 36.4 Å². The third kappa shape index (κ3) is 4.44. The molecule has 0 bridgehead atoms. The molecule has 31 heavy (non-hydrogen) atoms. The van der Waals surface area contributed by atoms with Crippen LogP contribution in [0.2, 0.25) is 0 Å². The monoisotopic (exact) mass is 431 g/mol. The number of rotatable bonds is 5. The molecular weight excluding hydrogens is 407 g/mol. The van der Waals surface area contributed by atoms with Crippen molar-refractivity contribution in [2.75, 3.05) is 18.5 Å². The van der Waals surface area contributed by atoms with Gasteiger partial charge in [-0.15, -0.1) is 5.10 Å². The van der Waals surface area contributed by atoms with Crippen molar-refractivity contribution in [3.05, 3.63) is 58.8 Å². The average molecular weight is 431 g/mol. The Morgan fingerprint density at radius 2 is 1.94 bits per heavy atom. The van der Waals surface area contributed by atoms with E-state index >= 15 is 0 Å². The van der Waals surface area contributed by atoms with Crippen molar-refractivity contribution < 1.29 is 22.6 Å². The van der Waals surface area contributed by atoms with Crippen LogP contribution in [0.25, 0.3) is 10.8 Å². The maximum atomic E-state index is 13.3. The molecule has 0 saturated carbocycles. The Morgan fingerprint density at radius 1 is 1.13 bits per heavy atom. The van der Waals surface area contributed by atoms with E-state index in [1.807, 2.05) is 32.0 Å². The number of alkyl halides is 3. The number of nitrogens with one attached hydrogen (secondary N) is 1. The molecule has 8 heteroatoms. The van der Waals surface area contributed by atoms with E-state index in [2.05, 4.69) is 15.5 Å². The Kier molecular flexibility index (Phi) is 5.75. The fraction of sp³-hybridized carbons (Fsp3) is 0.391. The summed E-state index contributed by atoms with van der Waals surface area (Å²) < 4.78 is 51.3. The van der Waals surface area contributed by atoms with E-state index in [9.17, 15) is 13.2 Å². The highest BCUT2D eigenvalue weighted by Crippen LogP contribution is 2.36. The number of anilines is 1. The number of halogens is 3. The number of nitrogens with zero attached hydrogens (tertiary/aromatic N) is 2. The molecule has 1 aromatic heterocycles. The summed E-state index contributed by atoms with van der Waals surface area (Å²) in [4.78, 5) is 0. The van der Waals surface area contributed by atoms with Gasteiger partial charge in [-0.05, 0) is 56.2 Å². The summed E-state index contributed by atoms with van der Waals surface area (Å²) >= 11 is 0. The minimum absolute atomic E-state index is 0.0106. The van der Waals surface area contributed by atoms with Crippen LogP contribution in [0, 0.1) is 13.8 Å². The lowest BCUT2D eigenvalue weighted by molar-refractivity contribution is -0.138. The fourth-order valence-corrected chi connectivity index (χ4v) is 3.96. The Morgan fingerprint density at radius 3 is 2.65 bits per heavy atom. The van der Waals surface area contributed by atoms with Gasteiger partial charge < -0.3 is 14.8 Å². The average Bonchev–Trinajstić information content (AvgIpc) is 3.22. The Bertz CT molecular complexity index is 1100. The molecule has 0 amide bonds. The van der Waals surface area contributed by atoms with Crippen LogP contribution in [-0.4, -0.2) is 29.5 Å². The first-order valence-electron chi connectivity index (χ1n) is 10.2. The standard InChI is InChI=1S/C23H24F3N3O2/c1-13-18(5-4-6-21(13)23(24,25)26)14(2)27-22-20-11-16(31-17-9-10-30-12-17)7-8-19(20)15(3)28-29-22/h4-8,11,14,17H,9-10,12H2,1-3H3,(H,27,29)/t14-,17+/m1/s1. The number of aromatic nitrogens is 2. The first kappa shape index (κ1) is 21.4.